The number of hydrogen-bond donors (Lipinski definition) is 1. The Hall–Kier alpha value is -0.910. The molecular weight excluding hydrogens is 282 g/mol. The van der Waals surface area contributed by atoms with E-state index < -0.39 is 0 Å². The fourth-order valence-electron chi connectivity index (χ4n) is 2.63. The van der Waals surface area contributed by atoms with Crippen LogP contribution in [0.25, 0.3) is 0 Å². The van der Waals surface area contributed by atoms with E-state index in [1.54, 1.807) is 0 Å². The summed E-state index contributed by atoms with van der Waals surface area (Å²) in [4.78, 5) is 18.1. The molecule has 0 saturated carbocycles. The molecule has 0 bridgehead atoms. The topological polar surface area (TPSA) is 35.6 Å². The van der Waals surface area contributed by atoms with Crippen molar-refractivity contribution in [2.24, 2.45) is 0 Å². The molecule has 118 valence electrons. The maximum atomic E-state index is 12.2. The van der Waals surface area contributed by atoms with Crippen molar-refractivity contribution >= 4 is 17.2 Å². The molecule has 1 aliphatic rings. The number of rotatable bonds is 6. The van der Waals surface area contributed by atoms with Gasteiger partial charge in [0.2, 0.25) is 5.91 Å². The van der Waals surface area contributed by atoms with Crippen LogP contribution in [0.2, 0.25) is 0 Å². The molecule has 0 atom stereocenters. The first-order valence-corrected chi connectivity index (χ1v) is 8.79. The van der Waals surface area contributed by atoms with Crippen LogP contribution in [0.5, 0.6) is 0 Å². The van der Waals surface area contributed by atoms with Crippen molar-refractivity contribution < 1.29 is 4.79 Å². The summed E-state index contributed by atoms with van der Waals surface area (Å²) in [6.45, 7) is 9.87. The van der Waals surface area contributed by atoms with Crippen molar-refractivity contribution in [1.29, 1.82) is 0 Å². The van der Waals surface area contributed by atoms with E-state index >= 15 is 0 Å². The molecule has 0 aliphatic carbocycles. The van der Waals surface area contributed by atoms with Gasteiger partial charge < -0.3 is 10.2 Å². The minimum atomic E-state index is 0.293. The standard InChI is InChI=1S/C16H27N3OS/c1-14(2)17-7-6-16(20)19-9-4-8-18(10-11-19)13-15-5-3-12-21-15/h3,5,12,14,17H,4,6-11,13H2,1-2H3. The first-order chi connectivity index (χ1) is 10.1. The second-order valence-electron chi connectivity index (χ2n) is 5.95. The lowest BCUT2D eigenvalue weighted by molar-refractivity contribution is -0.131. The predicted octanol–water partition coefficient (Wildman–Crippen LogP) is 2.17. The van der Waals surface area contributed by atoms with Gasteiger partial charge in [-0.25, -0.2) is 0 Å². The number of amides is 1. The molecule has 1 fully saturated rings. The van der Waals surface area contributed by atoms with Crippen molar-refractivity contribution in [3.05, 3.63) is 22.4 Å². The highest BCUT2D eigenvalue weighted by Gasteiger charge is 2.19. The van der Waals surface area contributed by atoms with Crippen LogP contribution in [0.15, 0.2) is 17.5 Å². The maximum Gasteiger partial charge on any atom is 0.223 e. The van der Waals surface area contributed by atoms with Crippen LogP contribution in [-0.2, 0) is 11.3 Å². The molecular formula is C16H27N3OS. The molecule has 0 unspecified atom stereocenters. The number of thiophene rings is 1. The highest BCUT2D eigenvalue weighted by Crippen LogP contribution is 2.14. The van der Waals surface area contributed by atoms with Crippen LogP contribution >= 0.6 is 11.3 Å². The Morgan fingerprint density at radius 2 is 2.19 bits per heavy atom. The average Bonchev–Trinajstić information content (AvgIpc) is 2.83. The summed E-state index contributed by atoms with van der Waals surface area (Å²) in [6, 6.07) is 4.74. The van der Waals surface area contributed by atoms with E-state index in [0.29, 0.717) is 18.4 Å². The fraction of sp³-hybridized carbons (Fsp3) is 0.688. The SMILES string of the molecule is CC(C)NCCC(=O)N1CCCN(Cc2cccs2)CC1. The Morgan fingerprint density at radius 3 is 2.90 bits per heavy atom. The normalized spacial score (nSPS) is 17.2. The predicted molar refractivity (Wildman–Crippen MR) is 88.5 cm³/mol. The lowest BCUT2D eigenvalue weighted by Crippen LogP contribution is -2.37. The Labute approximate surface area is 132 Å². The van der Waals surface area contributed by atoms with Crippen molar-refractivity contribution in [1.82, 2.24) is 15.1 Å². The lowest BCUT2D eigenvalue weighted by Gasteiger charge is -2.22. The van der Waals surface area contributed by atoms with Crippen LogP contribution in [-0.4, -0.2) is 54.5 Å². The molecule has 1 aromatic rings. The van der Waals surface area contributed by atoms with Crippen molar-refractivity contribution in [2.75, 3.05) is 32.7 Å². The summed E-state index contributed by atoms with van der Waals surface area (Å²) in [7, 11) is 0. The summed E-state index contributed by atoms with van der Waals surface area (Å²) in [6.07, 6.45) is 1.69. The molecule has 0 spiro atoms. The van der Waals surface area contributed by atoms with Gasteiger partial charge in [-0.2, -0.15) is 0 Å². The van der Waals surface area contributed by atoms with Crippen molar-refractivity contribution in [2.45, 2.75) is 39.3 Å². The number of hydrogen-bond acceptors (Lipinski definition) is 4. The minimum Gasteiger partial charge on any atom is -0.341 e. The van der Waals surface area contributed by atoms with Gasteiger partial charge in [0, 0.05) is 56.6 Å². The second-order valence-corrected chi connectivity index (χ2v) is 6.98. The van der Waals surface area contributed by atoms with Gasteiger partial charge in [0.05, 0.1) is 0 Å². The lowest BCUT2D eigenvalue weighted by atomic mass is 10.3. The molecule has 0 radical (unpaired) electrons. The third kappa shape index (κ3) is 5.77. The molecule has 1 saturated heterocycles. The third-order valence-corrected chi connectivity index (χ3v) is 4.65. The molecule has 1 amide bonds. The van der Waals surface area contributed by atoms with Gasteiger partial charge in [0.15, 0.2) is 0 Å². The van der Waals surface area contributed by atoms with Gasteiger partial charge in [0.25, 0.3) is 0 Å². The van der Waals surface area contributed by atoms with Crippen LogP contribution in [0.1, 0.15) is 31.6 Å². The quantitative estimate of drug-likeness (QED) is 0.875. The van der Waals surface area contributed by atoms with Crippen molar-refractivity contribution in [3.63, 3.8) is 0 Å². The molecule has 2 rings (SSSR count). The number of carbonyl (C=O) groups excluding carboxylic acids is 1. The zero-order chi connectivity index (χ0) is 15.1. The van der Waals surface area contributed by atoms with Crippen LogP contribution in [0.4, 0.5) is 0 Å². The fourth-order valence-corrected chi connectivity index (χ4v) is 3.37. The Bertz CT molecular complexity index is 419. The van der Waals surface area contributed by atoms with E-state index in [2.05, 4.69) is 41.6 Å². The summed E-state index contributed by atoms with van der Waals surface area (Å²) in [5.74, 6) is 0.293. The first kappa shape index (κ1) is 16.5. The summed E-state index contributed by atoms with van der Waals surface area (Å²) < 4.78 is 0. The summed E-state index contributed by atoms with van der Waals surface area (Å²) in [5.41, 5.74) is 0. The van der Waals surface area contributed by atoms with Gasteiger partial charge >= 0.3 is 0 Å². The summed E-state index contributed by atoms with van der Waals surface area (Å²) in [5, 5.41) is 5.44. The van der Waals surface area contributed by atoms with E-state index in [4.69, 9.17) is 0 Å². The van der Waals surface area contributed by atoms with Gasteiger partial charge in [-0.15, -0.1) is 11.3 Å². The third-order valence-electron chi connectivity index (χ3n) is 3.79. The van der Waals surface area contributed by atoms with Gasteiger partial charge in [-0.05, 0) is 17.9 Å². The van der Waals surface area contributed by atoms with Crippen LogP contribution in [0, 0.1) is 0 Å². The van der Waals surface area contributed by atoms with Gasteiger partial charge in [-0.3, -0.25) is 9.69 Å². The molecule has 21 heavy (non-hydrogen) atoms. The highest BCUT2D eigenvalue weighted by molar-refractivity contribution is 7.09. The smallest absolute Gasteiger partial charge is 0.223 e. The molecule has 1 aromatic heterocycles. The van der Waals surface area contributed by atoms with E-state index in [9.17, 15) is 4.79 Å². The van der Waals surface area contributed by atoms with E-state index in [1.807, 2.05) is 16.2 Å². The van der Waals surface area contributed by atoms with Crippen LogP contribution in [0.3, 0.4) is 0 Å². The summed E-state index contributed by atoms with van der Waals surface area (Å²) >= 11 is 1.81. The molecule has 4 nitrogen and oxygen atoms in total. The minimum absolute atomic E-state index is 0.293. The average molecular weight is 309 g/mol. The maximum absolute atomic E-state index is 12.2. The van der Waals surface area contributed by atoms with E-state index in [-0.39, 0.29) is 0 Å². The number of nitrogens with one attached hydrogen (secondary N) is 1. The Morgan fingerprint density at radius 1 is 1.33 bits per heavy atom. The Balaban J connectivity index is 1.73. The zero-order valence-corrected chi connectivity index (χ0v) is 14.0. The number of nitrogens with zero attached hydrogens (tertiary/aromatic N) is 2. The van der Waals surface area contributed by atoms with Crippen LogP contribution < -0.4 is 5.32 Å². The van der Waals surface area contributed by atoms with Gasteiger partial charge in [-0.1, -0.05) is 19.9 Å². The molecule has 0 aromatic carbocycles. The Kier molecular flexibility index (Phi) is 6.67. The number of carbonyl (C=O) groups is 1. The molecule has 1 N–H and O–H groups in total. The second kappa shape index (κ2) is 8.51. The molecule has 2 heterocycles. The van der Waals surface area contributed by atoms with E-state index in [0.717, 1.165) is 45.7 Å². The van der Waals surface area contributed by atoms with E-state index in [1.165, 1.54) is 4.88 Å². The van der Waals surface area contributed by atoms with Crippen molar-refractivity contribution in [3.8, 4) is 0 Å². The first-order valence-electron chi connectivity index (χ1n) is 7.91. The molecule has 5 heteroatoms. The highest BCUT2D eigenvalue weighted by atomic mass is 32.1. The monoisotopic (exact) mass is 309 g/mol. The largest absolute Gasteiger partial charge is 0.341 e. The molecule has 1 aliphatic heterocycles. The zero-order valence-electron chi connectivity index (χ0n) is 13.2. The van der Waals surface area contributed by atoms with Gasteiger partial charge in [0.1, 0.15) is 0 Å².